The predicted molar refractivity (Wildman–Crippen MR) is 237 cm³/mol. The van der Waals surface area contributed by atoms with Crippen LogP contribution in [0.4, 0.5) is 0 Å². The summed E-state index contributed by atoms with van der Waals surface area (Å²) in [4.78, 5) is 37.4. The lowest BCUT2D eigenvalue weighted by atomic mass is 9.86. The molecule has 0 atom stereocenters. The molecule has 0 spiro atoms. The minimum absolute atomic E-state index is 0.0394. The number of carboxylic acid groups (broad SMARTS) is 1. The van der Waals surface area contributed by atoms with E-state index in [1.165, 1.54) is 51.4 Å². The van der Waals surface area contributed by atoms with E-state index in [9.17, 15) is 9.59 Å². The molecule has 0 bridgehead atoms. The lowest BCUT2D eigenvalue weighted by Crippen LogP contribution is -2.36. The Balaban J connectivity index is 0.000000182. The molecule has 10 nitrogen and oxygen atoms in total. The van der Waals surface area contributed by atoms with Crippen LogP contribution in [-0.4, -0.2) is 81.8 Å². The van der Waals surface area contributed by atoms with Crippen molar-refractivity contribution in [2.75, 3.05) is 32.8 Å². The highest BCUT2D eigenvalue weighted by Crippen LogP contribution is 2.32. The molecule has 2 saturated heterocycles. The number of carbonyl (C=O) groups excluding carboxylic acids is 1. The third-order valence-corrected chi connectivity index (χ3v) is 13.7. The van der Waals surface area contributed by atoms with Crippen LogP contribution in [0.1, 0.15) is 122 Å². The maximum atomic E-state index is 11.9. The minimum Gasteiger partial charge on any atom is -0.490 e. The summed E-state index contributed by atoms with van der Waals surface area (Å²) in [6.45, 7) is 12.0. The van der Waals surface area contributed by atoms with Crippen molar-refractivity contribution in [2.24, 2.45) is 23.7 Å². The second-order valence-electron chi connectivity index (χ2n) is 17.8. The molecule has 1 N–H and O–H groups in total. The number of rotatable bonds is 13. The topological polar surface area (TPSA) is 114 Å². The lowest BCUT2D eigenvalue weighted by Gasteiger charge is -2.30. The molecule has 2 aromatic carbocycles. The average molecular weight is 821 g/mol. The van der Waals surface area contributed by atoms with Gasteiger partial charge in [-0.3, -0.25) is 29.4 Å². The fraction of sp³-hybridized carbons (Fsp3) is 0.600. The van der Waals surface area contributed by atoms with Crippen LogP contribution < -0.4 is 9.47 Å². The molecule has 2 aromatic heterocycles. The van der Waals surface area contributed by atoms with Gasteiger partial charge in [0.1, 0.15) is 11.5 Å². The van der Waals surface area contributed by atoms with E-state index in [4.69, 9.17) is 29.3 Å². The number of aliphatic carboxylic acids is 1. The van der Waals surface area contributed by atoms with Crippen molar-refractivity contribution in [3.8, 4) is 11.5 Å². The highest BCUT2D eigenvalue weighted by atomic mass is 16.5. The van der Waals surface area contributed by atoms with E-state index in [-0.39, 0.29) is 17.8 Å². The number of esters is 1. The third kappa shape index (κ3) is 12.2. The van der Waals surface area contributed by atoms with Gasteiger partial charge in [0.2, 0.25) is 0 Å². The molecule has 4 fully saturated rings. The SMILES string of the molecule is CCC1CCC(Oc2ccc3nc(CN4CCC(C(=O)O)CC4)ccc3c2)CC1.CCOC(=O)C1CCN(Cc2ccc3cc(OC4CCC(CC)CC4)ccc3n2)CC1. The molecule has 0 unspecified atom stereocenters. The van der Waals surface area contributed by atoms with E-state index < -0.39 is 5.97 Å². The number of nitrogens with zero attached hydrogens (tertiary/aromatic N) is 4. The van der Waals surface area contributed by atoms with E-state index in [1.54, 1.807) is 0 Å². The van der Waals surface area contributed by atoms with E-state index in [0.717, 1.165) is 134 Å². The highest BCUT2D eigenvalue weighted by Gasteiger charge is 2.27. The monoisotopic (exact) mass is 821 g/mol. The Labute approximate surface area is 357 Å². The van der Waals surface area contributed by atoms with E-state index >= 15 is 0 Å². The maximum Gasteiger partial charge on any atom is 0.309 e. The fourth-order valence-corrected chi connectivity index (χ4v) is 9.70. The molecule has 4 heterocycles. The Hall–Kier alpha value is -4.28. The van der Waals surface area contributed by atoms with Gasteiger partial charge in [0.25, 0.3) is 0 Å². The van der Waals surface area contributed by atoms with Crippen molar-refractivity contribution >= 4 is 33.7 Å². The standard InChI is InChI=1S/C26H36N2O3.C24H32N2O3/c1-3-19-5-9-23(10-6-19)31-24-11-12-25-21(17-24)7-8-22(27-25)18-28-15-13-20(14-16-28)26(29)30-4-2;1-2-17-3-7-21(8-4-17)29-22-9-10-23-19(15-22)5-6-20(25-23)16-26-13-11-18(12-14-26)24(27)28/h7-8,11-12,17,19-20,23H,3-6,9-10,13-16,18H2,1-2H3;5-6,9-10,15,17-18,21H,2-4,7-8,11-14,16H2,1H3,(H,27,28). The van der Waals surface area contributed by atoms with Crippen molar-refractivity contribution in [3.63, 3.8) is 0 Å². The van der Waals surface area contributed by atoms with Gasteiger partial charge in [0, 0.05) is 23.9 Å². The molecule has 10 heteroatoms. The molecule has 8 rings (SSSR count). The number of pyridine rings is 2. The second-order valence-corrected chi connectivity index (χ2v) is 17.8. The van der Waals surface area contributed by atoms with Crippen LogP contribution in [0.25, 0.3) is 21.8 Å². The molecule has 60 heavy (non-hydrogen) atoms. The molecule has 2 aliphatic heterocycles. The predicted octanol–water partition coefficient (Wildman–Crippen LogP) is 10.2. The number of carboxylic acids is 1. The first kappa shape index (κ1) is 43.8. The van der Waals surface area contributed by atoms with Gasteiger partial charge >= 0.3 is 11.9 Å². The number of hydrogen-bond donors (Lipinski definition) is 1. The molecule has 2 saturated carbocycles. The van der Waals surface area contributed by atoms with E-state index in [1.807, 2.05) is 13.0 Å². The number of carbonyl (C=O) groups is 2. The molecular formula is C50H68N4O6. The molecule has 324 valence electrons. The van der Waals surface area contributed by atoms with Crippen LogP contribution in [0.2, 0.25) is 0 Å². The van der Waals surface area contributed by atoms with Gasteiger partial charge in [0.15, 0.2) is 0 Å². The maximum absolute atomic E-state index is 11.9. The van der Waals surface area contributed by atoms with Crippen LogP contribution in [0.15, 0.2) is 60.7 Å². The summed E-state index contributed by atoms with van der Waals surface area (Å²) in [5, 5.41) is 11.4. The third-order valence-electron chi connectivity index (χ3n) is 13.7. The summed E-state index contributed by atoms with van der Waals surface area (Å²) in [6, 6.07) is 21.0. The van der Waals surface area contributed by atoms with Crippen molar-refractivity contribution in [1.29, 1.82) is 0 Å². The quantitative estimate of drug-likeness (QED) is 0.131. The van der Waals surface area contributed by atoms with Gasteiger partial charge < -0.3 is 19.3 Å². The number of aromatic nitrogens is 2. The van der Waals surface area contributed by atoms with Crippen LogP contribution in [0.3, 0.4) is 0 Å². The van der Waals surface area contributed by atoms with Crippen LogP contribution in [0.5, 0.6) is 11.5 Å². The Bertz CT molecular complexity index is 1990. The minimum atomic E-state index is -0.662. The fourth-order valence-electron chi connectivity index (χ4n) is 9.70. The van der Waals surface area contributed by atoms with Gasteiger partial charge in [0.05, 0.1) is 53.1 Å². The first-order valence-corrected chi connectivity index (χ1v) is 23.2. The van der Waals surface area contributed by atoms with Crippen LogP contribution in [0, 0.1) is 23.7 Å². The Morgan fingerprint density at radius 1 is 0.583 bits per heavy atom. The van der Waals surface area contributed by atoms with Crippen molar-refractivity contribution in [2.45, 2.75) is 136 Å². The summed E-state index contributed by atoms with van der Waals surface area (Å²) >= 11 is 0. The van der Waals surface area contributed by atoms with Gasteiger partial charge in [-0.1, -0.05) is 38.8 Å². The summed E-state index contributed by atoms with van der Waals surface area (Å²) in [7, 11) is 0. The number of fused-ring (bicyclic) bond motifs is 2. The molecule has 0 radical (unpaired) electrons. The molecule has 4 aromatic rings. The van der Waals surface area contributed by atoms with E-state index in [0.29, 0.717) is 18.8 Å². The number of piperidine rings is 2. The molecule has 4 aliphatic rings. The summed E-state index contributed by atoms with van der Waals surface area (Å²) < 4.78 is 17.7. The Kier molecular flexibility index (Phi) is 15.7. The molecule has 2 aliphatic carbocycles. The summed E-state index contributed by atoms with van der Waals surface area (Å²) in [6.07, 6.45) is 16.3. The first-order valence-electron chi connectivity index (χ1n) is 23.2. The normalized spacial score (nSPS) is 23.4. The largest absolute Gasteiger partial charge is 0.490 e. The van der Waals surface area contributed by atoms with Crippen LogP contribution >= 0.6 is 0 Å². The summed E-state index contributed by atoms with van der Waals surface area (Å²) in [5.74, 6) is 2.83. The molecular weight excluding hydrogens is 753 g/mol. The van der Waals surface area contributed by atoms with Gasteiger partial charge in [-0.25, -0.2) is 0 Å². The van der Waals surface area contributed by atoms with Crippen molar-refractivity contribution in [3.05, 3.63) is 72.1 Å². The second kappa shape index (κ2) is 21.5. The zero-order valence-corrected chi connectivity index (χ0v) is 36.4. The smallest absolute Gasteiger partial charge is 0.309 e. The average Bonchev–Trinajstić information content (AvgIpc) is 3.28. The van der Waals surface area contributed by atoms with Gasteiger partial charge in [-0.05, 0) is 171 Å². The highest BCUT2D eigenvalue weighted by molar-refractivity contribution is 5.81. The number of benzene rings is 2. The zero-order chi connectivity index (χ0) is 41.8. The van der Waals surface area contributed by atoms with Crippen molar-refractivity contribution in [1.82, 2.24) is 19.8 Å². The Morgan fingerprint density at radius 3 is 1.42 bits per heavy atom. The van der Waals surface area contributed by atoms with E-state index in [2.05, 4.69) is 78.2 Å². The first-order chi connectivity index (χ1) is 29.2. The van der Waals surface area contributed by atoms with Crippen molar-refractivity contribution < 1.29 is 28.9 Å². The zero-order valence-electron chi connectivity index (χ0n) is 36.4. The lowest BCUT2D eigenvalue weighted by molar-refractivity contribution is -0.149. The van der Waals surface area contributed by atoms with Crippen LogP contribution in [-0.2, 0) is 27.4 Å². The van der Waals surface area contributed by atoms with Gasteiger partial charge in [-0.15, -0.1) is 0 Å². The summed E-state index contributed by atoms with van der Waals surface area (Å²) in [5.41, 5.74) is 4.12. The number of ether oxygens (including phenoxy) is 3. The number of hydrogen-bond acceptors (Lipinski definition) is 9. The van der Waals surface area contributed by atoms with Gasteiger partial charge in [-0.2, -0.15) is 0 Å². The number of likely N-dealkylation sites (tertiary alicyclic amines) is 2. The molecule has 0 amide bonds. The Morgan fingerprint density at radius 2 is 1.02 bits per heavy atom.